The first kappa shape index (κ1) is 21.7. The molecule has 0 aliphatic heterocycles. The summed E-state index contributed by atoms with van der Waals surface area (Å²) in [5.74, 6) is 1.61. The number of hydrogen-bond acceptors (Lipinski definition) is 5. The number of hydrogen-bond donors (Lipinski definition) is 0. The third-order valence-electron chi connectivity index (χ3n) is 5.48. The van der Waals surface area contributed by atoms with Crippen molar-refractivity contribution in [2.75, 3.05) is 19.5 Å². The molecule has 0 N–H and O–H groups in total. The van der Waals surface area contributed by atoms with Gasteiger partial charge in [-0.3, -0.25) is 0 Å². The van der Waals surface area contributed by atoms with Crippen molar-refractivity contribution in [3.63, 3.8) is 0 Å². The Bertz CT molecular complexity index is 703. The van der Waals surface area contributed by atoms with E-state index in [0.717, 1.165) is 38.5 Å². The highest BCUT2D eigenvalue weighted by atomic mass is 32.2. The topological polar surface area (TPSA) is 69.7 Å². The maximum atomic E-state index is 12.1. The van der Waals surface area contributed by atoms with Gasteiger partial charge in [0, 0.05) is 0 Å². The molecule has 0 amide bonds. The van der Waals surface area contributed by atoms with Gasteiger partial charge in [-0.2, -0.15) is 0 Å². The smallest absolute Gasteiger partial charge is 0.343 e. The molecule has 6 heteroatoms. The molecule has 27 heavy (non-hydrogen) atoms. The molecule has 0 unspecified atom stereocenters. The summed E-state index contributed by atoms with van der Waals surface area (Å²) in [6.07, 6.45) is 6.31. The highest BCUT2D eigenvalue weighted by Gasteiger charge is 2.27. The lowest BCUT2D eigenvalue weighted by Gasteiger charge is -2.28. The summed E-state index contributed by atoms with van der Waals surface area (Å²) in [6.45, 7) is 3.46. The van der Waals surface area contributed by atoms with Crippen LogP contribution in [0, 0.1) is 11.8 Å². The number of esters is 1. The lowest BCUT2D eigenvalue weighted by molar-refractivity contribution is -0.142. The van der Waals surface area contributed by atoms with E-state index >= 15 is 0 Å². The number of sulfone groups is 1. The van der Waals surface area contributed by atoms with Gasteiger partial charge in [-0.1, -0.05) is 25.0 Å². The third-order valence-corrected chi connectivity index (χ3v) is 7.85. The van der Waals surface area contributed by atoms with Gasteiger partial charge in [-0.25, -0.2) is 13.2 Å². The highest BCUT2D eigenvalue weighted by Crippen LogP contribution is 2.33. The van der Waals surface area contributed by atoms with Crippen molar-refractivity contribution in [1.82, 2.24) is 0 Å². The Kier molecular flexibility index (Phi) is 8.14. The number of carbonyl (C=O) groups excluding carboxylic acids is 1. The standard InChI is InChI=1S/C21H32O5S/c1-16(2)27(23,24)15-19-11-8-17(9-12-19)7-10-18-5-4-6-20(13-18)26-14-21(22)25-3/h4-6,13,16-17,19H,7-12,14-15H2,1-3H3. The second-order valence-corrected chi connectivity index (χ2v) is 10.4. The number of benzene rings is 1. The number of methoxy groups -OCH3 is 1. The number of carbonyl (C=O) groups is 1. The summed E-state index contributed by atoms with van der Waals surface area (Å²) in [4.78, 5) is 11.2. The van der Waals surface area contributed by atoms with Crippen LogP contribution in [0.4, 0.5) is 0 Å². The Morgan fingerprint density at radius 3 is 2.44 bits per heavy atom. The van der Waals surface area contributed by atoms with Gasteiger partial charge in [0.05, 0.1) is 18.1 Å². The van der Waals surface area contributed by atoms with Crippen molar-refractivity contribution >= 4 is 15.8 Å². The fourth-order valence-corrected chi connectivity index (χ4v) is 4.95. The molecule has 1 aliphatic carbocycles. The zero-order chi connectivity index (χ0) is 19.9. The predicted molar refractivity (Wildman–Crippen MR) is 107 cm³/mol. The normalized spacial score (nSPS) is 20.4. The van der Waals surface area contributed by atoms with Gasteiger partial charge in [0.15, 0.2) is 16.4 Å². The lowest BCUT2D eigenvalue weighted by atomic mass is 9.80. The van der Waals surface area contributed by atoms with Crippen molar-refractivity contribution in [3.8, 4) is 5.75 Å². The molecule has 0 bridgehead atoms. The second-order valence-electron chi connectivity index (χ2n) is 7.82. The van der Waals surface area contributed by atoms with E-state index in [1.54, 1.807) is 13.8 Å². The van der Waals surface area contributed by atoms with Crippen molar-refractivity contribution in [1.29, 1.82) is 0 Å². The summed E-state index contributed by atoms with van der Waals surface area (Å²) in [5, 5.41) is -0.274. The van der Waals surface area contributed by atoms with Gasteiger partial charge in [-0.15, -0.1) is 0 Å². The first-order valence-electron chi connectivity index (χ1n) is 9.80. The van der Waals surface area contributed by atoms with Crippen LogP contribution in [0.1, 0.15) is 51.5 Å². The quantitative estimate of drug-likeness (QED) is 0.594. The SMILES string of the molecule is COC(=O)COc1cccc(CCC2CCC(CS(=O)(=O)C(C)C)CC2)c1. The summed E-state index contributed by atoms with van der Waals surface area (Å²) in [5.41, 5.74) is 1.20. The highest BCUT2D eigenvalue weighted by molar-refractivity contribution is 7.91. The summed E-state index contributed by atoms with van der Waals surface area (Å²) in [6, 6.07) is 7.83. The van der Waals surface area contributed by atoms with E-state index in [0.29, 0.717) is 23.3 Å². The van der Waals surface area contributed by atoms with Gasteiger partial charge in [-0.05, 0) is 69.1 Å². The first-order chi connectivity index (χ1) is 12.8. The van der Waals surface area contributed by atoms with Gasteiger partial charge in [0.2, 0.25) is 0 Å². The Labute approximate surface area is 163 Å². The molecule has 1 aliphatic rings. The molecule has 0 saturated heterocycles. The van der Waals surface area contributed by atoms with E-state index in [1.165, 1.54) is 12.7 Å². The fraction of sp³-hybridized carbons (Fsp3) is 0.667. The average molecular weight is 397 g/mol. The van der Waals surface area contributed by atoms with E-state index in [-0.39, 0.29) is 11.9 Å². The lowest BCUT2D eigenvalue weighted by Crippen LogP contribution is -2.26. The Morgan fingerprint density at radius 1 is 1.15 bits per heavy atom. The molecule has 0 radical (unpaired) electrons. The van der Waals surface area contributed by atoms with Gasteiger partial charge in [0.1, 0.15) is 5.75 Å². The monoisotopic (exact) mass is 396 g/mol. The van der Waals surface area contributed by atoms with Crippen LogP contribution in [-0.2, 0) is 25.8 Å². The Hall–Kier alpha value is -1.56. The molecule has 1 fully saturated rings. The molecule has 0 aromatic heterocycles. The second kappa shape index (κ2) is 10.1. The zero-order valence-corrected chi connectivity index (χ0v) is 17.5. The van der Waals surface area contributed by atoms with Crippen molar-refractivity contribution < 1.29 is 22.7 Å². The van der Waals surface area contributed by atoms with Crippen LogP contribution in [0.3, 0.4) is 0 Å². The van der Waals surface area contributed by atoms with E-state index < -0.39 is 15.8 Å². The zero-order valence-electron chi connectivity index (χ0n) is 16.6. The predicted octanol–water partition coefficient (Wildman–Crippen LogP) is 3.80. The maximum absolute atomic E-state index is 12.1. The summed E-state index contributed by atoms with van der Waals surface area (Å²) >= 11 is 0. The van der Waals surface area contributed by atoms with Crippen LogP contribution in [0.2, 0.25) is 0 Å². The molecule has 0 heterocycles. The Balaban J connectivity index is 1.76. The molecular weight excluding hydrogens is 364 g/mol. The van der Waals surface area contributed by atoms with Crippen LogP contribution >= 0.6 is 0 Å². The van der Waals surface area contributed by atoms with Crippen LogP contribution in [-0.4, -0.2) is 39.1 Å². The molecule has 152 valence electrons. The fourth-order valence-electron chi connectivity index (χ4n) is 3.57. The van der Waals surface area contributed by atoms with E-state index in [9.17, 15) is 13.2 Å². The Morgan fingerprint density at radius 2 is 1.81 bits per heavy atom. The van der Waals surface area contributed by atoms with E-state index in [2.05, 4.69) is 10.8 Å². The molecule has 2 rings (SSSR count). The molecule has 5 nitrogen and oxygen atoms in total. The van der Waals surface area contributed by atoms with Gasteiger partial charge in [0.25, 0.3) is 0 Å². The number of aryl methyl sites for hydroxylation is 1. The molecule has 1 aromatic rings. The maximum Gasteiger partial charge on any atom is 0.343 e. The summed E-state index contributed by atoms with van der Waals surface area (Å²) in [7, 11) is -1.59. The number of rotatable bonds is 9. The van der Waals surface area contributed by atoms with Crippen LogP contribution < -0.4 is 4.74 Å². The molecule has 0 atom stereocenters. The van der Waals surface area contributed by atoms with E-state index in [4.69, 9.17) is 4.74 Å². The van der Waals surface area contributed by atoms with Crippen molar-refractivity contribution in [2.24, 2.45) is 11.8 Å². The average Bonchev–Trinajstić information content (AvgIpc) is 2.65. The van der Waals surface area contributed by atoms with Gasteiger partial charge < -0.3 is 9.47 Å². The third kappa shape index (κ3) is 7.17. The number of ether oxygens (including phenoxy) is 2. The van der Waals surface area contributed by atoms with Crippen molar-refractivity contribution in [2.45, 2.75) is 57.6 Å². The minimum Gasteiger partial charge on any atom is -0.482 e. The minimum atomic E-state index is -2.94. The minimum absolute atomic E-state index is 0.0801. The summed E-state index contributed by atoms with van der Waals surface area (Å²) < 4.78 is 34.2. The van der Waals surface area contributed by atoms with Crippen LogP contribution in [0.5, 0.6) is 5.75 Å². The molecule has 0 spiro atoms. The van der Waals surface area contributed by atoms with Crippen molar-refractivity contribution in [3.05, 3.63) is 29.8 Å². The molecule has 1 aromatic carbocycles. The largest absolute Gasteiger partial charge is 0.482 e. The van der Waals surface area contributed by atoms with E-state index in [1.807, 2.05) is 18.2 Å². The molecule has 1 saturated carbocycles. The van der Waals surface area contributed by atoms with Crippen LogP contribution in [0.25, 0.3) is 0 Å². The van der Waals surface area contributed by atoms with Gasteiger partial charge >= 0.3 is 5.97 Å². The van der Waals surface area contributed by atoms with Crippen LogP contribution in [0.15, 0.2) is 24.3 Å². The molecular formula is C21H32O5S. The first-order valence-corrected chi connectivity index (χ1v) is 11.5.